The van der Waals surface area contributed by atoms with Gasteiger partial charge < -0.3 is 21.7 Å². The molecule has 0 aliphatic rings. The summed E-state index contributed by atoms with van der Waals surface area (Å²) in [5.41, 5.74) is 4.78. The van der Waals surface area contributed by atoms with E-state index in [4.69, 9.17) is 5.73 Å². The van der Waals surface area contributed by atoms with Crippen molar-refractivity contribution in [2.24, 2.45) is 5.73 Å². The molecule has 7 N–H and O–H groups in total. The van der Waals surface area contributed by atoms with Gasteiger partial charge in [-0.15, -0.1) is 0 Å². The number of primary amides is 1. The Morgan fingerprint density at radius 2 is 1.38 bits per heavy atom. The average Bonchev–Trinajstić information content (AvgIpc) is 2.41. The van der Waals surface area contributed by atoms with Crippen LogP contribution in [0.3, 0.4) is 0 Å². The number of hydrogen-bond acceptors (Lipinski definition) is 6. The Bertz CT molecular complexity index is 450. The summed E-state index contributed by atoms with van der Waals surface area (Å²) < 4.78 is 0. The Kier molecular flexibility index (Phi) is 8.24. The summed E-state index contributed by atoms with van der Waals surface area (Å²) in [6, 6.07) is -1.89. The van der Waals surface area contributed by atoms with Gasteiger partial charge in [0, 0.05) is 0 Å². The first-order valence-corrected chi connectivity index (χ1v) is 5.45. The first kappa shape index (κ1) is 17.8. The molecule has 8 amide bonds. The molecule has 0 radical (unpaired) electrons. The molecule has 0 saturated carbocycles. The van der Waals surface area contributed by atoms with Crippen molar-refractivity contribution in [2.75, 3.05) is 19.6 Å². The number of hydrogen-bond donors (Lipinski definition) is 6. The number of amides is 8. The van der Waals surface area contributed by atoms with Crippen LogP contribution in [0.1, 0.15) is 0 Å². The molecule has 12 heteroatoms. The van der Waals surface area contributed by atoms with Crippen molar-refractivity contribution in [3.05, 3.63) is 0 Å². The number of carbonyl (C=O) groups is 6. The maximum atomic E-state index is 11.2. The van der Waals surface area contributed by atoms with E-state index in [9.17, 15) is 28.8 Å². The van der Waals surface area contributed by atoms with Crippen LogP contribution < -0.4 is 32.3 Å². The molecule has 0 atom stereocenters. The Morgan fingerprint density at radius 1 is 0.810 bits per heavy atom. The smallest absolute Gasteiger partial charge is 0.321 e. The third-order valence-electron chi connectivity index (χ3n) is 1.72. The van der Waals surface area contributed by atoms with E-state index in [1.807, 2.05) is 10.6 Å². The average molecular weight is 302 g/mol. The first-order valence-electron chi connectivity index (χ1n) is 5.45. The molecule has 0 saturated heterocycles. The van der Waals surface area contributed by atoms with Crippen LogP contribution in [0.4, 0.5) is 9.59 Å². The fourth-order valence-corrected chi connectivity index (χ4v) is 0.889. The predicted octanol–water partition coefficient (Wildman–Crippen LogP) is -4.13. The number of imide groups is 2. The third kappa shape index (κ3) is 10.4. The van der Waals surface area contributed by atoms with Crippen LogP contribution in [-0.2, 0) is 19.2 Å². The van der Waals surface area contributed by atoms with Crippen LogP contribution in [0.25, 0.3) is 0 Å². The summed E-state index contributed by atoms with van der Waals surface area (Å²) in [6.45, 7) is -1.41. The fraction of sp³-hybridized carbons (Fsp3) is 0.333. The molecule has 0 fully saturated rings. The number of nitrogens with one attached hydrogen (secondary N) is 5. The Labute approximate surface area is 118 Å². The lowest BCUT2D eigenvalue weighted by Gasteiger charge is -2.07. The second kappa shape index (κ2) is 9.71. The van der Waals surface area contributed by atoms with Crippen molar-refractivity contribution >= 4 is 36.2 Å². The molecular formula is C9H14N6O6. The van der Waals surface area contributed by atoms with Gasteiger partial charge >= 0.3 is 12.1 Å². The first-order chi connectivity index (χ1) is 9.85. The van der Waals surface area contributed by atoms with Gasteiger partial charge in [0.1, 0.15) is 0 Å². The van der Waals surface area contributed by atoms with E-state index < -0.39 is 42.9 Å². The number of urea groups is 2. The number of nitrogens with two attached hydrogens (primary N) is 1. The van der Waals surface area contributed by atoms with Gasteiger partial charge in [-0.05, 0) is 0 Å². The minimum atomic E-state index is -0.980. The van der Waals surface area contributed by atoms with Gasteiger partial charge in [-0.25, -0.2) is 9.59 Å². The van der Waals surface area contributed by atoms with Crippen LogP contribution in [-0.4, -0.2) is 55.8 Å². The summed E-state index contributed by atoms with van der Waals surface area (Å²) in [5.74, 6) is -2.30. The molecule has 0 aromatic rings. The van der Waals surface area contributed by atoms with Crippen molar-refractivity contribution in [3.8, 4) is 0 Å². The van der Waals surface area contributed by atoms with E-state index >= 15 is 0 Å². The quantitative estimate of drug-likeness (QED) is 0.259. The molecule has 0 spiro atoms. The summed E-state index contributed by atoms with van der Waals surface area (Å²) in [5, 5.41) is 9.64. The highest BCUT2D eigenvalue weighted by atomic mass is 16.2. The van der Waals surface area contributed by atoms with Crippen LogP contribution in [0, 0.1) is 0 Å². The molecule has 0 aromatic carbocycles. The lowest BCUT2D eigenvalue weighted by Crippen LogP contribution is -2.48. The lowest BCUT2D eigenvalue weighted by atomic mass is 10.5. The molecule has 0 bridgehead atoms. The second-order valence-corrected chi connectivity index (χ2v) is 3.42. The van der Waals surface area contributed by atoms with Crippen LogP contribution in [0.15, 0.2) is 0 Å². The summed E-state index contributed by atoms with van der Waals surface area (Å²) >= 11 is 0. The third-order valence-corrected chi connectivity index (χ3v) is 1.72. The molecule has 21 heavy (non-hydrogen) atoms. The molecule has 0 rings (SSSR count). The molecule has 0 aromatic heterocycles. The largest absolute Gasteiger partial charge is 0.368 e. The summed E-state index contributed by atoms with van der Waals surface area (Å²) in [6.07, 6.45) is 0.116. The second-order valence-electron chi connectivity index (χ2n) is 3.42. The van der Waals surface area contributed by atoms with Crippen LogP contribution in [0.5, 0.6) is 0 Å². The van der Waals surface area contributed by atoms with Gasteiger partial charge in [0.15, 0.2) is 0 Å². The van der Waals surface area contributed by atoms with Gasteiger partial charge in [-0.3, -0.25) is 29.8 Å². The maximum absolute atomic E-state index is 11.2. The van der Waals surface area contributed by atoms with Gasteiger partial charge in [0.05, 0.1) is 19.6 Å². The SMILES string of the molecule is NC(=O)CNC(=O)CNC(=O)NC(=O)CNC(=O)NC=O. The minimum Gasteiger partial charge on any atom is -0.368 e. The molecule has 12 nitrogen and oxygen atoms in total. The highest BCUT2D eigenvalue weighted by Crippen LogP contribution is 1.71. The van der Waals surface area contributed by atoms with Crippen molar-refractivity contribution in [1.29, 1.82) is 0 Å². The number of carbonyl (C=O) groups excluding carboxylic acids is 6. The van der Waals surface area contributed by atoms with Crippen molar-refractivity contribution < 1.29 is 28.8 Å². The standard InChI is InChI=1S/C9H14N6O6/c10-5(17)1-11-6(18)2-13-9(21)15-7(19)3-12-8(20)14-4-16/h4H,1-3H2,(H2,10,17)(H,11,18)(H2,12,14,16,20)(H2,13,15,19,21). The highest BCUT2D eigenvalue weighted by molar-refractivity contribution is 5.98. The van der Waals surface area contributed by atoms with E-state index in [-0.39, 0.29) is 13.0 Å². The molecule has 0 unspecified atom stereocenters. The molecular weight excluding hydrogens is 288 g/mol. The molecule has 116 valence electrons. The van der Waals surface area contributed by atoms with E-state index in [0.29, 0.717) is 0 Å². The molecule has 0 heterocycles. The fourth-order valence-electron chi connectivity index (χ4n) is 0.889. The van der Waals surface area contributed by atoms with E-state index in [0.717, 1.165) is 0 Å². The molecule has 0 aliphatic carbocycles. The topological polar surface area (TPSA) is 189 Å². The zero-order valence-electron chi connectivity index (χ0n) is 10.7. The van der Waals surface area contributed by atoms with Gasteiger partial charge in [-0.1, -0.05) is 0 Å². The predicted molar refractivity (Wildman–Crippen MR) is 66.3 cm³/mol. The molecule has 0 aliphatic heterocycles. The summed E-state index contributed by atoms with van der Waals surface area (Å²) in [4.78, 5) is 64.4. The van der Waals surface area contributed by atoms with Gasteiger partial charge in [-0.2, -0.15) is 0 Å². The Balaban J connectivity index is 3.85. The minimum absolute atomic E-state index is 0.116. The van der Waals surface area contributed by atoms with Gasteiger partial charge in [0.25, 0.3) is 0 Å². The monoisotopic (exact) mass is 302 g/mol. The highest BCUT2D eigenvalue weighted by Gasteiger charge is 2.10. The maximum Gasteiger partial charge on any atom is 0.321 e. The lowest BCUT2D eigenvalue weighted by molar-refractivity contribution is -0.124. The van der Waals surface area contributed by atoms with Crippen molar-refractivity contribution in [1.82, 2.24) is 26.6 Å². The van der Waals surface area contributed by atoms with E-state index in [1.165, 1.54) is 0 Å². The normalized spacial score (nSPS) is 8.95. The van der Waals surface area contributed by atoms with Crippen molar-refractivity contribution in [3.63, 3.8) is 0 Å². The zero-order chi connectivity index (χ0) is 16.3. The summed E-state index contributed by atoms with van der Waals surface area (Å²) in [7, 11) is 0. The van der Waals surface area contributed by atoms with E-state index in [1.54, 1.807) is 10.6 Å². The van der Waals surface area contributed by atoms with E-state index in [2.05, 4.69) is 5.32 Å². The zero-order valence-corrected chi connectivity index (χ0v) is 10.7. The van der Waals surface area contributed by atoms with Gasteiger partial charge in [0.2, 0.25) is 24.1 Å². The Hall–Kier alpha value is -3.18. The Morgan fingerprint density at radius 3 is 1.95 bits per heavy atom. The van der Waals surface area contributed by atoms with Crippen LogP contribution >= 0.6 is 0 Å². The number of rotatable bonds is 7. The van der Waals surface area contributed by atoms with Crippen LogP contribution in [0.2, 0.25) is 0 Å². The van der Waals surface area contributed by atoms with Crippen molar-refractivity contribution in [2.45, 2.75) is 0 Å².